The first-order chi connectivity index (χ1) is 23.1. The van der Waals surface area contributed by atoms with Gasteiger partial charge in [0.25, 0.3) is 11.5 Å². The molecular weight excluding hydrogens is 614 g/mol. The molecule has 1 saturated heterocycles. The molecular formula is C35H39N7O6. The minimum absolute atomic E-state index is 0.167. The Morgan fingerprint density at radius 3 is 2.71 bits per heavy atom. The molecule has 3 aromatic heterocycles. The Morgan fingerprint density at radius 2 is 1.96 bits per heavy atom. The van der Waals surface area contributed by atoms with Crippen LogP contribution in [0.4, 0.5) is 0 Å². The zero-order chi connectivity index (χ0) is 34.0. The second-order valence-electron chi connectivity index (χ2n) is 12.6. The molecule has 2 aliphatic rings. The third-order valence-corrected chi connectivity index (χ3v) is 8.74. The second-order valence-corrected chi connectivity index (χ2v) is 12.6. The van der Waals surface area contributed by atoms with Gasteiger partial charge in [0.2, 0.25) is 5.78 Å². The standard InChI is InChI=1S/C35H39N7O6/c1-5-27-26(32(45)42-34(40(27)19-28(43)44)38-31(39-42)25-12-9-14-47-15-13-25)16-24-17-35(3,4)41(18-24)33(46)29-30(22(2)36-21-37-29)48-20-23-10-7-6-8-11-23/h6-8,10-11,13,16,21H,5,9,12,14-15,17-20H2,1-4H3,(H,43,44). The number of aromatic nitrogens is 6. The zero-order valence-corrected chi connectivity index (χ0v) is 27.6. The number of hydrogen-bond acceptors (Lipinski definition) is 9. The normalized spacial score (nSPS) is 17.0. The fourth-order valence-electron chi connectivity index (χ4n) is 6.41. The van der Waals surface area contributed by atoms with Gasteiger partial charge < -0.3 is 24.0 Å². The highest BCUT2D eigenvalue weighted by atomic mass is 16.5. The van der Waals surface area contributed by atoms with Crippen LogP contribution in [0.1, 0.15) is 78.9 Å². The number of aliphatic carboxylic acids is 1. The molecule has 4 aromatic rings. The van der Waals surface area contributed by atoms with Crippen molar-refractivity contribution in [2.24, 2.45) is 0 Å². The minimum Gasteiger partial charge on any atom is -0.485 e. The van der Waals surface area contributed by atoms with Crippen LogP contribution < -0.4 is 10.3 Å². The van der Waals surface area contributed by atoms with Gasteiger partial charge in [-0.1, -0.05) is 43.3 Å². The number of benzene rings is 1. The number of amides is 1. The van der Waals surface area contributed by atoms with Crippen molar-refractivity contribution in [1.29, 1.82) is 0 Å². The molecule has 1 aromatic carbocycles. The van der Waals surface area contributed by atoms with Crippen LogP contribution in [0.5, 0.6) is 5.75 Å². The molecule has 0 atom stereocenters. The largest absolute Gasteiger partial charge is 0.485 e. The van der Waals surface area contributed by atoms with Crippen LogP contribution in [0, 0.1) is 6.92 Å². The van der Waals surface area contributed by atoms with Gasteiger partial charge in [-0.05, 0) is 69.2 Å². The Bertz CT molecular complexity index is 1990. The Balaban J connectivity index is 1.37. The number of ether oxygens (including phenoxy) is 2. The predicted molar refractivity (Wildman–Crippen MR) is 178 cm³/mol. The number of carbonyl (C=O) groups is 2. The smallest absolute Gasteiger partial charge is 0.323 e. The summed E-state index contributed by atoms with van der Waals surface area (Å²) in [5, 5.41) is 14.4. The fraction of sp³-hybridized carbons (Fsp3) is 0.400. The van der Waals surface area contributed by atoms with E-state index in [0.717, 1.165) is 23.1 Å². The lowest BCUT2D eigenvalue weighted by Gasteiger charge is -2.31. The molecule has 2 aliphatic heterocycles. The van der Waals surface area contributed by atoms with E-state index >= 15 is 0 Å². The molecule has 1 N–H and O–H groups in total. The number of carboxylic acids is 1. The van der Waals surface area contributed by atoms with E-state index in [4.69, 9.17) is 9.47 Å². The maximum Gasteiger partial charge on any atom is 0.323 e. The van der Waals surface area contributed by atoms with Crippen LogP contribution in [0.15, 0.2) is 53.1 Å². The molecule has 13 heteroatoms. The fourth-order valence-corrected chi connectivity index (χ4v) is 6.41. The van der Waals surface area contributed by atoms with Crippen molar-refractivity contribution in [3.8, 4) is 5.75 Å². The number of likely N-dealkylation sites (tertiary alicyclic amines) is 1. The summed E-state index contributed by atoms with van der Waals surface area (Å²) in [4.78, 5) is 55.2. The van der Waals surface area contributed by atoms with Gasteiger partial charge in [0.15, 0.2) is 17.3 Å². The molecule has 0 unspecified atom stereocenters. The number of allylic oxidation sites excluding steroid dienone is 1. The average Bonchev–Trinajstić information content (AvgIpc) is 3.51. The summed E-state index contributed by atoms with van der Waals surface area (Å²) < 4.78 is 14.4. The SMILES string of the molecule is CCc1c(C=C2CN(C(=O)c3ncnc(C)c3OCc3ccccc3)C(C)(C)C2)c(=O)n2nc(C3=CCOCCC3)nc2n1CC(=O)O. The van der Waals surface area contributed by atoms with Crippen molar-refractivity contribution in [3.63, 3.8) is 0 Å². The van der Waals surface area contributed by atoms with E-state index in [1.807, 2.05) is 57.2 Å². The highest BCUT2D eigenvalue weighted by Crippen LogP contribution is 2.36. The van der Waals surface area contributed by atoms with Crippen molar-refractivity contribution in [2.45, 2.75) is 72.1 Å². The van der Waals surface area contributed by atoms with Crippen LogP contribution in [-0.2, 0) is 29.1 Å². The summed E-state index contributed by atoms with van der Waals surface area (Å²) in [6.07, 6.45) is 7.39. The Hall–Kier alpha value is -5.17. The summed E-state index contributed by atoms with van der Waals surface area (Å²) in [7, 11) is 0. The van der Waals surface area contributed by atoms with E-state index in [9.17, 15) is 19.5 Å². The van der Waals surface area contributed by atoms with E-state index < -0.39 is 23.6 Å². The number of nitrogens with zero attached hydrogens (tertiary/aromatic N) is 7. The van der Waals surface area contributed by atoms with Crippen molar-refractivity contribution >= 4 is 29.3 Å². The van der Waals surface area contributed by atoms with Gasteiger partial charge >= 0.3 is 5.97 Å². The first-order valence-corrected chi connectivity index (χ1v) is 16.1. The Labute approximate surface area is 277 Å². The van der Waals surface area contributed by atoms with Gasteiger partial charge in [0, 0.05) is 24.4 Å². The predicted octanol–water partition coefficient (Wildman–Crippen LogP) is 4.12. The summed E-state index contributed by atoms with van der Waals surface area (Å²) in [6, 6.07) is 9.65. The second kappa shape index (κ2) is 13.5. The molecule has 0 radical (unpaired) electrons. The monoisotopic (exact) mass is 653 g/mol. The van der Waals surface area contributed by atoms with Crippen molar-refractivity contribution in [1.82, 2.24) is 34.0 Å². The molecule has 0 aliphatic carbocycles. The van der Waals surface area contributed by atoms with Gasteiger partial charge in [-0.25, -0.2) is 9.97 Å². The Morgan fingerprint density at radius 1 is 1.17 bits per heavy atom. The highest BCUT2D eigenvalue weighted by Gasteiger charge is 2.40. The van der Waals surface area contributed by atoms with Crippen LogP contribution >= 0.6 is 0 Å². The van der Waals surface area contributed by atoms with Gasteiger partial charge in [-0.15, -0.1) is 5.10 Å². The maximum atomic E-state index is 14.1. The van der Waals surface area contributed by atoms with Crippen molar-refractivity contribution in [3.05, 3.63) is 92.7 Å². The number of rotatable bonds is 9. The number of carbonyl (C=O) groups excluding carboxylic acids is 1. The summed E-state index contributed by atoms with van der Waals surface area (Å²) in [5.74, 6) is -0.495. The number of aryl methyl sites for hydroxylation is 1. The molecule has 0 spiro atoms. The van der Waals surface area contributed by atoms with E-state index in [2.05, 4.69) is 20.1 Å². The molecule has 5 heterocycles. The lowest BCUT2D eigenvalue weighted by atomic mass is 9.98. The summed E-state index contributed by atoms with van der Waals surface area (Å²) in [6.45, 7) is 8.71. The Kier molecular flexibility index (Phi) is 9.22. The van der Waals surface area contributed by atoms with E-state index in [1.165, 1.54) is 10.8 Å². The van der Waals surface area contributed by atoms with Crippen molar-refractivity contribution < 1.29 is 24.2 Å². The lowest BCUT2D eigenvalue weighted by molar-refractivity contribution is -0.137. The van der Waals surface area contributed by atoms with Crippen LogP contribution in [0.25, 0.3) is 17.4 Å². The van der Waals surface area contributed by atoms with Crippen LogP contribution in [-0.4, -0.2) is 76.3 Å². The number of fused-ring (bicyclic) bond motifs is 1. The number of hydrogen-bond donors (Lipinski definition) is 1. The minimum atomic E-state index is -1.07. The molecule has 13 nitrogen and oxygen atoms in total. The van der Waals surface area contributed by atoms with E-state index in [1.54, 1.807) is 22.5 Å². The summed E-state index contributed by atoms with van der Waals surface area (Å²) in [5.41, 5.74) is 3.20. The molecule has 250 valence electrons. The van der Waals surface area contributed by atoms with Gasteiger partial charge in [0.05, 0.1) is 17.9 Å². The highest BCUT2D eigenvalue weighted by molar-refractivity contribution is 5.96. The zero-order valence-electron chi connectivity index (χ0n) is 27.6. The van der Waals surface area contributed by atoms with Gasteiger partial charge in [-0.2, -0.15) is 9.50 Å². The summed E-state index contributed by atoms with van der Waals surface area (Å²) >= 11 is 0. The number of carboxylic acid groups (broad SMARTS) is 1. The van der Waals surface area contributed by atoms with E-state index in [0.29, 0.717) is 61.0 Å². The van der Waals surface area contributed by atoms with E-state index in [-0.39, 0.29) is 30.5 Å². The topological polar surface area (TPSA) is 154 Å². The molecule has 48 heavy (non-hydrogen) atoms. The van der Waals surface area contributed by atoms with Crippen LogP contribution in [0.3, 0.4) is 0 Å². The van der Waals surface area contributed by atoms with Crippen molar-refractivity contribution in [2.75, 3.05) is 19.8 Å². The molecule has 1 fully saturated rings. The maximum absolute atomic E-state index is 14.1. The quantitative estimate of drug-likeness (QED) is 0.279. The third kappa shape index (κ3) is 6.50. The third-order valence-electron chi connectivity index (χ3n) is 8.74. The molecule has 1 amide bonds. The first-order valence-electron chi connectivity index (χ1n) is 16.1. The lowest BCUT2D eigenvalue weighted by Crippen LogP contribution is -2.43. The first kappa shape index (κ1) is 32.8. The van der Waals surface area contributed by atoms with Gasteiger partial charge in [0.1, 0.15) is 19.5 Å². The van der Waals surface area contributed by atoms with Crippen LogP contribution in [0.2, 0.25) is 0 Å². The molecule has 0 bridgehead atoms. The van der Waals surface area contributed by atoms with Gasteiger partial charge in [-0.3, -0.25) is 14.4 Å². The molecule has 0 saturated carbocycles. The molecule has 6 rings (SSSR count). The average molecular weight is 654 g/mol.